The second-order valence-corrected chi connectivity index (χ2v) is 9.71. The van der Waals surface area contributed by atoms with Crippen molar-refractivity contribution < 1.29 is 8.42 Å². The van der Waals surface area contributed by atoms with Crippen LogP contribution in [0.1, 0.15) is 19.7 Å². The topological polar surface area (TPSA) is 87.2 Å². The predicted molar refractivity (Wildman–Crippen MR) is 143 cm³/mol. The van der Waals surface area contributed by atoms with Crippen LogP contribution in [0.4, 0.5) is 23.0 Å². The van der Waals surface area contributed by atoms with Crippen LogP contribution in [0.2, 0.25) is 0 Å². The van der Waals surface area contributed by atoms with Gasteiger partial charge < -0.3 is 10.2 Å². The Morgan fingerprint density at radius 2 is 1.37 bits per heavy atom. The molecule has 2 N–H and O–H groups in total. The van der Waals surface area contributed by atoms with Crippen LogP contribution < -0.4 is 14.9 Å². The molecule has 0 aliphatic heterocycles. The molecule has 0 atom stereocenters. The van der Waals surface area contributed by atoms with Crippen molar-refractivity contribution in [1.29, 1.82) is 0 Å². The third kappa shape index (κ3) is 5.96. The molecular formula is C27H29N5O2S. The summed E-state index contributed by atoms with van der Waals surface area (Å²) < 4.78 is 28.4. The molecule has 0 unspecified atom stereocenters. The number of sulfonamides is 1. The van der Waals surface area contributed by atoms with Crippen molar-refractivity contribution in [3.63, 3.8) is 0 Å². The molecule has 0 bridgehead atoms. The summed E-state index contributed by atoms with van der Waals surface area (Å²) in [4.78, 5) is 11.4. The Morgan fingerprint density at radius 1 is 0.771 bits per heavy atom. The zero-order valence-electron chi connectivity index (χ0n) is 20.1. The van der Waals surface area contributed by atoms with E-state index in [4.69, 9.17) is 0 Å². The number of aromatic nitrogens is 2. The van der Waals surface area contributed by atoms with E-state index in [1.165, 1.54) is 0 Å². The van der Waals surface area contributed by atoms with Crippen molar-refractivity contribution in [3.8, 4) is 11.1 Å². The van der Waals surface area contributed by atoms with Gasteiger partial charge in [-0.25, -0.2) is 18.4 Å². The number of rotatable bonds is 9. The number of hydrogen-bond acceptors (Lipinski definition) is 6. The normalized spacial score (nSPS) is 11.2. The summed E-state index contributed by atoms with van der Waals surface area (Å²) in [6.07, 6.45) is 0. The van der Waals surface area contributed by atoms with Gasteiger partial charge in [0.2, 0.25) is 0 Å². The summed E-state index contributed by atoms with van der Waals surface area (Å²) in [5, 5.41) is 3.28. The first kappa shape index (κ1) is 24.2. The molecule has 8 heteroatoms. The number of aryl methyl sites for hydroxylation is 1. The highest BCUT2D eigenvalue weighted by atomic mass is 32.2. The largest absolute Gasteiger partial charge is 0.357 e. The lowest BCUT2D eigenvalue weighted by atomic mass is 10.1. The summed E-state index contributed by atoms with van der Waals surface area (Å²) in [5.41, 5.74) is 3.27. The van der Waals surface area contributed by atoms with Crippen LogP contribution in [0.15, 0.2) is 89.8 Å². The minimum absolute atomic E-state index is 0.208. The van der Waals surface area contributed by atoms with Crippen molar-refractivity contribution in [3.05, 3.63) is 90.8 Å². The van der Waals surface area contributed by atoms with E-state index in [0.717, 1.165) is 35.7 Å². The lowest BCUT2D eigenvalue weighted by molar-refractivity contribution is 0.601. The molecule has 0 saturated heterocycles. The zero-order valence-corrected chi connectivity index (χ0v) is 20.9. The van der Waals surface area contributed by atoms with E-state index in [9.17, 15) is 8.42 Å². The second kappa shape index (κ2) is 10.6. The first-order valence-corrected chi connectivity index (χ1v) is 13.0. The van der Waals surface area contributed by atoms with Crippen molar-refractivity contribution in [2.45, 2.75) is 25.7 Å². The minimum atomic E-state index is -3.71. The standard InChI is InChI=1S/C27H29N5O2S/c1-4-32(5-2)27-19-26(28-20(3)29-27)30-23-13-15-24(16-14-23)31-35(33,34)25-17-11-22(12-18-25)21-9-7-6-8-10-21/h6-19,31H,4-5H2,1-3H3,(H,28,29,30). The molecule has 7 nitrogen and oxygen atoms in total. The van der Waals surface area contributed by atoms with E-state index in [2.05, 4.69) is 38.8 Å². The van der Waals surface area contributed by atoms with Crippen molar-refractivity contribution in [1.82, 2.24) is 9.97 Å². The number of hydrogen-bond donors (Lipinski definition) is 2. The maximum absolute atomic E-state index is 12.9. The molecule has 0 amide bonds. The highest BCUT2D eigenvalue weighted by Gasteiger charge is 2.14. The number of nitrogens with one attached hydrogen (secondary N) is 2. The molecule has 35 heavy (non-hydrogen) atoms. The lowest BCUT2D eigenvalue weighted by Gasteiger charge is -2.20. The average molecular weight is 488 g/mol. The van der Waals surface area contributed by atoms with Crippen LogP contribution in [-0.2, 0) is 10.0 Å². The van der Waals surface area contributed by atoms with Gasteiger partial charge in [0.15, 0.2) is 0 Å². The summed E-state index contributed by atoms with van der Waals surface area (Å²) in [6, 6.07) is 25.7. The molecule has 1 aromatic heterocycles. The van der Waals surface area contributed by atoms with Gasteiger partial charge in [-0.3, -0.25) is 4.72 Å². The Balaban J connectivity index is 1.45. The van der Waals surface area contributed by atoms with Crippen LogP contribution >= 0.6 is 0 Å². The average Bonchev–Trinajstić information content (AvgIpc) is 2.86. The Kier molecular flexibility index (Phi) is 7.31. The van der Waals surface area contributed by atoms with Crippen LogP contribution in [0.25, 0.3) is 11.1 Å². The summed E-state index contributed by atoms with van der Waals surface area (Å²) in [7, 11) is -3.71. The van der Waals surface area contributed by atoms with E-state index in [-0.39, 0.29) is 4.90 Å². The molecule has 0 spiro atoms. The van der Waals surface area contributed by atoms with Crippen LogP contribution in [0, 0.1) is 6.92 Å². The van der Waals surface area contributed by atoms with Gasteiger partial charge in [0.05, 0.1) is 4.90 Å². The van der Waals surface area contributed by atoms with Crippen LogP contribution in [0.5, 0.6) is 0 Å². The van der Waals surface area contributed by atoms with E-state index >= 15 is 0 Å². The van der Waals surface area contributed by atoms with Crippen molar-refractivity contribution in [2.24, 2.45) is 0 Å². The van der Waals surface area contributed by atoms with Gasteiger partial charge >= 0.3 is 0 Å². The Labute approximate surface area is 206 Å². The first-order valence-electron chi connectivity index (χ1n) is 11.5. The molecule has 0 aliphatic carbocycles. The van der Waals surface area contributed by atoms with Crippen LogP contribution in [0.3, 0.4) is 0 Å². The highest BCUT2D eigenvalue weighted by molar-refractivity contribution is 7.92. The second-order valence-electron chi connectivity index (χ2n) is 8.03. The number of anilines is 4. The highest BCUT2D eigenvalue weighted by Crippen LogP contribution is 2.24. The number of benzene rings is 3. The van der Waals surface area contributed by atoms with Crippen molar-refractivity contribution >= 4 is 33.0 Å². The maximum atomic E-state index is 12.9. The monoisotopic (exact) mass is 487 g/mol. The van der Waals surface area contributed by atoms with Gasteiger partial charge in [0.25, 0.3) is 10.0 Å². The lowest BCUT2D eigenvalue weighted by Crippen LogP contribution is -2.23. The van der Waals surface area contributed by atoms with Gasteiger partial charge in [-0.05, 0) is 68.3 Å². The number of nitrogens with zero attached hydrogens (tertiary/aromatic N) is 3. The van der Waals surface area contributed by atoms with E-state index in [1.54, 1.807) is 24.3 Å². The van der Waals surface area contributed by atoms with Gasteiger partial charge in [-0.15, -0.1) is 0 Å². The van der Waals surface area contributed by atoms with Crippen LogP contribution in [-0.4, -0.2) is 31.5 Å². The first-order chi connectivity index (χ1) is 16.9. The molecule has 4 aromatic rings. The fourth-order valence-electron chi connectivity index (χ4n) is 3.77. The van der Waals surface area contributed by atoms with Gasteiger partial charge in [0, 0.05) is 30.5 Å². The van der Waals surface area contributed by atoms with Crippen molar-refractivity contribution in [2.75, 3.05) is 28.0 Å². The molecule has 180 valence electrons. The van der Waals surface area contributed by atoms with Gasteiger partial charge in [-0.1, -0.05) is 42.5 Å². The smallest absolute Gasteiger partial charge is 0.261 e. The Hall–Kier alpha value is -3.91. The third-order valence-electron chi connectivity index (χ3n) is 5.59. The summed E-state index contributed by atoms with van der Waals surface area (Å²) >= 11 is 0. The zero-order chi connectivity index (χ0) is 24.8. The third-order valence-corrected chi connectivity index (χ3v) is 6.99. The van der Waals surface area contributed by atoms with Gasteiger partial charge in [0.1, 0.15) is 17.5 Å². The molecule has 0 fully saturated rings. The van der Waals surface area contributed by atoms with Gasteiger partial charge in [-0.2, -0.15) is 0 Å². The molecule has 0 radical (unpaired) electrons. The molecule has 4 rings (SSSR count). The van der Waals surface area contributed by atoms with E-state index < -0.39 is 10.0 Å². The Bertz CT molecular complexity index is 1370. The predicted octanol–water partition coefficient (Wildman–Crippen LogP) is 5.84. The van der Waals surface area contributed by atoms with E-state index in [1.807, 2.05) is 67.6 Å². The quantitative estimate of drug-likeness (QED) is 0.308. The fourth-order valence-corrected chi connectivity index (χ4v) is 4.82. The molecule has 1 heterocycles. The fraction of sp³-hybridized carbons (Fsp3) is 0.185. The van der Waals surface area contributed by atoms with E-state index in [0.29, 0.717) is 17.3 Å². The molecule has 3 aromatic carbocycles. The molecule has 0 aliphatic rings. The summed E-state index contributed by atoms with van der Waals surface area (Å²) in [5.74, 6) is 2.23. The molecular weight excluding hydrogens is 458 g/mol. The SMILES string of the molecule is CCN(CC)c1cc(Nc2ccc(NS(=O)(=O)c3ccc(-c4ccccc4)cc3)cc2)nc(C)n1. The maximum Gasteiger partial charge on any atom is 0.261 e. The summed E-state index contributed by atoms with van der Waals surface area (Å²) in [6.45, 7) is 7.76. The molecule has 0 saturated carbocycles. The minimum Gasteiger partial charge on any atom is -0.357 e. The Morgan fingerprint density at radius 3 is 2.00 bits per heavy atom.